The molecule has 2 fully saturated rings. The molecule has 0 bridgehead atoms. The minimum absolute atomic E-state index is 0.229. The van der Waals surface area contributed by atoms with Crippen molar-refractivity contribution in [2.75, 3.05) is 51.3 Å². The Morgan fingerprint density at radius 3 is 2.35 bits per heavy atom. The first-order valence-corrected chi connectivity index (χ1v) is 7.49. The fraction of sp³-hybridized carbons (Fsp3) is 0.600. The minimum atomic E-state index is -4.71. The molecule has 2 aliphatic rings. The van der Waals surface area contributed by atoms with Crippen LogP contribution in [0, 0.1) is 0 Å². The summed E-state index contributed by atoms with van der Waals surface area (Å²) in [6.07, 6.45) is -5.24. The highest BCUT2D eigenvalue weighted by Gasteiger charge is 2.32. The molecule has 2 saturated heterocycles. The lowest BCUT2D eigenvalue weighted by Crippen LogP contribution is -2.45. The number of alkyl halides is 3. The largest absolute Gasteiger partial charge is 0.573 e. The molecule has 5 nitrogen and oxygen atoms in total. The Morgan fingerprint density at radius 1 is 1.09 bits per heavy atom. The van der Waals surface area contributed by atoms with Gasteiger partial charge in [-0.2, -0.15) is 0 Å². The van der Waals surface area contributed by atoms with Gasteiger partial charge in [-0.15, -0.1) is 13.2 Å². The number of likely N-dealkylation sites (N-methyl/N-ethyl adjacent to an activating group) is 1. The van der Waals surface area contributed by atoms with Crippen LogP contribution < -0.4 is 9.64 Å². The van der Waals surface area contributed by atoms with Crippen LogP contribution in [0.25, 0.3) is 0 Å². The molecule has 0 amide bonds. The van der Waals surface area contributed by atoms with E-state index in [9.17, 15) is 13.2 Å². The number of halogens is 3. The summed E-state index contributed by atoms with van der Waals surface area (Å²) in [5.74, 6) is -0.229. The molecule has 0 saturated carbocycles. The first kappa shape index (κ1) is 16.4. The number of nitrogens with zero attached hydrogens (tertiary/aromatic N) is 2. The Morgan fingerprint density at radius 2 is 1.74 bits per heavy atom. The Labute approximate surface area is 132 Å². The lowest BCUT2D eigenvalue weighted by molar-refractivity contribution is -0.274. The van der Waals surface area contributed by atoms with Crippen LogP contribution in [0.15, 0.2) is 18.2 Å². The fourth-order valence-electron chi connectivity index (χ4n) is 2.78. The summed E-state index contributed by atoms with van der Waals surface area (Å²) in [6.45, 7) is 4.10. The maximum absolute atomic E-state index is 12.5. The third-order valence-electron chi connectivity index (χ3n) is 3.96. The van der Waals surface area contributed by atoms with E-state index in [-0.39, 0.29) is 5.75 Å². The Balaban J connectivity index is 1.89. The normalized spacial score (nSPS) is 21.0. The van der Waals surface area contributed by atoms with Gasteiger partial charge in [0.1, 0.15) is 5.75 Å². The van der Waals surface area contributed by atoms with Gasteiger partial charge in [0.15, 0.2) is 6.29 Å². The molecule has 8 heteroatoms. The molecular weight excluding hydrogens is 313 g/mol. The van der Waals surface area contributed by atoms with Gasteiger partial charge in [0.25, 0.3) is 0 Å². The van der Waals surface area contributed by atoms with Crippen molar-refractivity contribution in [1.82, 2.24) is 4.90 Å². The molecule has 2 heterocycles. The topological polar surface area (TPSA) is 34.2 Å². The third-order valence-corrected chi connectivity index (χ3v) is 3.96. The zero-order valence-corrected chi connectivity index (χ0v) is 12.8. The number of anilines is 1. The van der Waals surface area contributed by atoms with Crippen molar-refractivity contribution < 1.29 is 27.4 Å². The van der Waals surface area contributed by atoms with Crippen LogP contribution in [-0.4, -0.2) is 57.7 Å². The molecule has 128 valence electrons. The molecule has 0 spiro atoms. The maximum Gasteiger partial charge on any atom is 0.573 e. The number of benzene rings is 1. The maximum atomic E-state index is 12.5. The van der Waals surface area contributed by atoms with E-state index in [1.54, 1.807) is 6.07 Å². The van der Waals surface area contributed by atoms with Crippen molar-refractivity contribution in [2.45, 2.75) is 12.7 Å². The van der Waals surface area contributed by atoms with Gasteiger partial charge in [0.2, 0.25) is 0 Å². The molecule has 23 heavy (non-hydrogen) atoms. The smallest absolute Gasteiger partial charge is 0.406 e. The summed E-state index contributed by atoms with van der Waals surface area (Å²) in [7, 11) is 2.02. The first-order chi connectivity index (χ1) is 10.9. The molecule has 3 rings (SSSR count). The quantitative estimate of drug-likeness (QED) is 0.849. The molecule has 0 N–H and O–H groups in total. The summed E-state index contributed by atoms with van der Waals surface area (Å²) < 4.78 is 52.5. The predicted octanol–water partition coefficient (Wildman–Crippen LogP) is 2.38. The van der Waals surface area contributed by atoms with E-state index < -0.39 is 12.7 Å². The van der Waals surface area contributed by atoms with E-state index in [0.717, 1.165) is 31.7 Å². The van der Waals surface area contributed by atoms with Crippen LogP contribution in [0.4, 0.5) is 18.9 Å². The van der Waals surface area contributed by atoms with Gasteiger partial charge in [0, 0.05) is 43.5 Å². The zero-order chi connectivity index (χ0) is 16.4. The highest BCUT2D eigenvalue weighted by atomic mass is 19.4. The van der Waals surface area contributed by atoms with Crippen LogP contribution in [0.3, 0.4) is 0 Å². The van der Waals surface area contributed by atoms with E-state index >= 15 is 0 Å². The number of hydrogen-bond donors (Lipinski definition) is 0. The highest BCUT2D eigenvalue weighted by molar-refractivity contribution is 5.58. The molecule has 0 atom stereocenters. The molecular formula is C15H19F3N2O3. The lowest BCUT2D eigenvalue weighted by Gasteiger charge is -2.35. The van der Waals surface area contributed by atoms with Crippen molar-refractivity contribution >= 4 is 5.69 Å². The van der Waals surface area contributed by atoms with Crippen molar-refractivity contribution in [3.8, 4) is 5.75 Å². The fourth-order valence-corrected chi connectivity index (χ4v) is 2.78. The average molecular weight is 332 g/mol. The van der Waals surface area contributed by atoms with E-state index in [0.29, 0.717) is 18.9 Å². The van der Waals surface area contributed by atoms with Gasteiger partial charge in [0.05, 0.1) is 13.2 Å². The van der Waals surface area contributed by atoms with E-state index in [1.165, 1.54) is 12.1 Å². The predicted molar refractivity (Wildman–Crippen MR) is 77.5 cm³/mol. The Kier molecular flexibility index (Phi) is 4.65. The second kappa shape index (κ2) is 6.54. The van der Waals surface area contributed by atoms with Crippen LogP contribution >= 0.6 is 0 Å². The van der Waals surface area contributed by atoms with Gasteiger partial charge < -0.3 is 24.0 Å². The Bertz CT molecular complexity index is 539. The average Bonchev–Trinajstić information content (AvgIpc) is 3.00. The van der Waals surface area contributed by atoms with Crippen LogP contribution in [0.1, 0.15) is 11.9 Å². The minimum Gasteiger partial charge on any atom is -0.406 e. The van der Waals surface area contributed by atoms with Crippen molar-refractivity contribution in [3.05, 3.63) is 23.8 Å². The van der Waals surface area contributed by atoms with Crippen molar-refractivity contribution in [2.24, 2.45) is 0 Å². The molecule has 0 aromatic heterocycles. The van der Waals surface area contributed by atoms with Crippen LogP contribution in [-0.2, 0) is 9.47 Å². The summed E-state index contributed by atoms with van der Waals surface area (Å²) >= 11 is 0. The van der Waals surface area contributed by atoms with Crippen LogP contribution in [0.2, 0.25) is 0 Å². The standard InChI is InChI=1S/C15H19F3N2O3/c1-19-4-6-20(7-5-19)13-10-11(23-15(16,17)18)2-3-12(13)14-21-8-9-22-14/h2-3,10,14H,4-9H2,1H3. The second-order valence-electron chi connectivity index (χ2n) is 5.63. The molecule has 1 aromatic rings. The van der Waals surface area contributed by atoms with Gasteiger partial charge in [-0.3, -0.25) is 0 Å². The zero-order valence-electron chi connectivity index (χ0n) is 12.8. The van der Waals surface area contributed by atoms with E-state index in [1.807, 2.05) is 11.9 Å². The molecule has 0 unspecified atom stereocenters. The SMILES string of the molecule is CN1CCN(c2cc(OC(F)(F)F)ccc2C2OCCO2)CC1. The second-order valence-corrected chi connectivity index (χ2v) is 5.63. The number of hydrogen-bond acceptors (Lipinski definition) is 5. The van der Waals surface area contributed by atoms with Gasteiger partial charge in [-0.1, -0.05) is 0 Å². The van der Waals surface area contributed by atoms with Gasteiger partial charge in [-0.25, -0.2) is 0 Å². The number of piperazine rings is 1. The van der Waals surface area contributed by atoms with Crippen molar-refractivity contribution in [1.29, 1.82) is 0 Å². The third kappa shape index (κ3) is 4.07. The number of rotatable bonds is 3. The van der Waals surface area contributed by atoms with E-state index in [4.69, 9.17) is 9.47 Å². The van der Waals surface area contributed by atoms with Crippen molar-refractivity contribution in [3.63, 3.8) is 0 Å². The summed E-state index contributed by atoms with van der Waals surface area (Å²) in [4.78, 5) is 4.22. The summed E-state index contributed by atoms with van der Waals surface area (Å²) in [5, 5.41) is 0. The molecule has 0 radical (unpaired) electrons. The molecule has 2 aliphatic heterocycles. The lowest BCUT2D eigenvalue weighted by atomic mass is 10.1. The van der Waals surface area contributed by atoms with Crippen LogP contribution in [0.5, 0.6) is 5.75 Å². The summed E-state index contributed by atoms with van der Waals surface area (Å²) in [5.41, 5.74) is 1.41. The van der Waals surface area contributed by atoms with Gasteiger partial charge in [-0.05, 0) is 19.2 Å². The molecule has 0 aliphatic carbocycles. The monoisotopic (exact) mass is 332 g/mol. The first-order valence-electron chi connectivity index (χ1n) is 7.49. The summed E-state index contributed by atoms with van der Waals surface area (Å²) in [6, 6.07) is 4.30. The number of ether oxygens (including phenoxy) is 3. The molecule has 1 aromatic carbocycles. The van der Waals surface area contributed by atoms with Gasteiger partial charge >= 0.3 is 6.36 Å². The highest BCUT2D eigenvalue weighted by Crippen LogP contribution is 2.36. The van der Waals surface area contributed by atoms with E-state index in [2.05, 4.69) is 9.64 Å². The Hall–Kier alpha value is -1.51.